The van der Waals surface area contributed by atoms with Gasteiger partial charge in [-0.2, -0.15) is 5.26 Å². The second-order valence-electron chi connectivity index (χ2n) is 2.90. The van der Waals surface area contributed by atoms with E-state index in [-0.39, 0.29) is 17.9 Å². The van der Waals surface area contributed by atoms with Crippen LogP contribution in [0.25, 0.3) is 0 Å². The summed E-state index contributed by atoms with van der Waals surface area (Å²) in [6.45, 7) is 0. The molecule has 74 valence electrons. The highest BCUT2D eigenvalue weighted by atomic mass is 79.9. The fourth-order valence-electron chi connectivity index (χ4n) is 1.11. The fraction of sp³-hybridized carbons (Fsp3) is 0.300. The minimum atomic E-state index is -0.867. The Hall–Kier alpha value is -0.950. The molecule has 14 heavy (non-hydrogen) atoms. The summed E-state index contributed by atoms with van der Waals surface area (Å²) in [6.07, 6.45) is 0.228. The monoisotopic (exact) mass is 259 g/mol. The van der Waals surface area contributed by atoms with Crippen LogP contribution in [0, 0.1) is 28.9 Å². The fourth-order valence-corrected chi connectivity index (χ4v) is 1.48. The zero-order valence-corrected chi connectivity index (χ0v) is 8.89. The van der Waals surface area contributed by atoms with Crippen LogP contribution in [0.3, 0.4) is 0 Å². The van der Waals surface area contributed by atoms with Gasteiger partial charge in [-0.25, -0.2) is 8.78 Å². The number of hydrogen-bond acceptors (Lipinski definition) is 1. The lowest BCUT2D eigenvalue weighted by atomic mass is 10.0. The molecule has 0 aliphatic heterocycles. The highest BCUT2D eigenvalue weighted by molar-refractivity contribution is 9.09. The molecule has 0 aromatic heterocycles. The van der Waals surface area contributed by atoms with Crippen LogP contribution in [0.15, 0.2) is 18.2 Å². The number of halogens is 3. The van der Waals surface area contributed by atoms with Crippen molar-refractivity contribution in [3.63, 3.8) is 0 Å². The molecular formula is C10H8BrF2N. The van der Waals surface area contributed by atoms with Gasteiger partial charge in [0, 0.05) is 5.33 Å². The van der Waals surface area contributed by atoms with Gasteiger partial charge >= 0.3 is 0 Å². The smallest absolute Gasteiger partial charge is 0.162 e. The van der Waals surface area contributed by atoms with Gasteiger partial charge in [-0.3, -0.25) is 0 Å². The van der Waals surface area contributed by atoms with Crippen molar-refractivity contribution < 1.29 is 8.78 Å². The Kier molecular flexibility index (Phi) is 4.02. The summed E-state index contributed by atoms with van der Waals surface area (Å²) in [4.78, 5) is 0. The Balaban J connectivity index is 2.87. The van der Waals surface area contributed by atoms with Crippen molar-refractivity contribution in [2.45, 2.75) is 6.42 Å². The maximum atomic E-state index is 13.1. The maximum Gasteiger partial charge on any atom is 0.162 e. The molecule has 0 spiro atoms. The van der Waals surface area contributed by atoms with E-state index in [1.807, 2.05) is 6.07 Å². The summed E-state index contributed by atoms with van der Waals surface area (Å²) in [5, 5.41) is 9.11. The molecule has 1 atom stereocenters. The molecule has 4 heteroatoms. The zero-order chi connectivity index (χ0) is 10.6. The van der Waals surface area contributed by atoms with Gasteiger partial charge in [0.1, 0.15) is 0 Å². The van der Waals surface area contributed by atoms with E-state index in [4.69, 9.17) is 5.26 Å². The maximum absolute atomic E-state index is 13.1. The molecule has 0 N–H and O–H groups in total. The Morgan fingerprint density at radius 1 is 1.43 bits per heavy atom. The molecule has 0 saturated carbocycles. The molecule has 0 aliphatic rings. The van der Waals surface area contributed by atoms with E-state index >= 15 is 0 Å². The lowest BCUT2D eigenvalue weighted by Crippen LogP contribution is -2.05. The Bertz CT molecular complexity index is 360. The third-order valence-corrected chi connectivity index (χ3v) is 2.65. The highest BCUT2D eigenvalue weighted by Crippen LogP contribution is 2.16. The molecule has 1 aromatic rings. The van der Waals surface area contributed by atoms with Gasteiger partial charge in [-0.15, -0.1) is 0 Å². The van der Waals surface area contributed by atoms with Crippen molar-refractivity contribution in [1.29, 1.82) is 5.26 Å². The average molecular weight is 260 g/mol. The molecule has 1 unspecified atom stereocenters. The quantitative estimate of drug-likeness (QED) is 0.766. The minimum absolute atomic E-state index is 0.228. The van der Waals surface area contributed by atoms with E-state index in [9.17, 15) is 8.78 Å². The van der Waals surface area contributed by atoms with Crippen LogP contribution in [0.5, 0.6) is 0 Å². The Labute approximate surface area is 89.5 Å². The van der Waals surface area contributed by atoms with Crippen molar-refractivity contribution in [3.05, 3.63) is 35.4 Å². The molecule has 0 aliphatic carbocycles. The molecule has 1 rings (SSSR count). The van der Waals surface area contributed by atoms with Gasteiger partial charge in [-0.1, -0.05) is 28.1 Å². The lowest BCUT2D eigenvalue weighted by molar-refractivity contribution is 0.494. The van der Waals surface area contributed by atoms with Gasteiger partial charge < -0.3 is 0 Å². The van der Waals surface area contributed by atoms with E-state index in [2.05, 4.69) is 15.9 Å². The summed E-state index contributed by atoms with van der Waals surface area (Å²) in [7, 11) is 0. The number of rotatable bonds is 3. The van der Waals surface area contributed by atoms with Gasteiger partial charge in [0.25, 0.3) is 0 Å². The molecule has 0 bridgehead atoms. The topological polar surface area (TPSA) is 23.8 Å². The summed E-state index contributed by atoms with van der Waals surface area (Å²) in [5.41, 5.74) is 0.246. The van der Waals surface area contributed by atoms with E-state index in [0.29, 0.717) is 5.33 Å². The van der Waals surface area contributed by atoms with Crippen LogP contribution < -0.4 is 0 Å². The van der Waals surface area contributed by atoms with E-state index in [1.54, 1.807) is 0 Å². The van der Waals surface area contributed by atoms with Crippen molar-refractivity contribution in [2.75, 3.05) is 5.33 Å². The van der Waals surface area contributed by atoms with E-state index in [1.165, 1.54) is 12.1 Å². The average Bonchev–Trinajstić information content (AvgIpc) is 2.20. The van der Waals surface area contributed by atoms with Crippen molar-refractivity contribution in [1.82, 2.24) is 0 Å². The van der Waals surface area contributed by atoms with Gasteiger partial charge in [0.2, 0.25) is 0 Å². The minimum Gasteiger partial charge on any atom is -0.204 e. The standard InChI is InChI=1S/C10H8BrF2N/c11-5-7(6-14)4-8-2-1-3-9(12)10(8)13/h1-3,7H,4-5H2. The van der Waals surface area contributed by atoms with Crippen molar-refractivity contribution >= 4 is 15.9 Å². The molecule has 0 radical (unpaired) electrons. The SMILES string of the molecule is N#CC(CBr)Cc1cccc(F)c1F. The molecule has 0 heterocycles. The van der Waals surface area contributed by atoms with Crippen LogP contribution in [-0.2, 0) is 6.42 Å². The number of hydrogen-bond donors (Lipinski definition) is 0. The van der Waals surface area contributed by atoms with Crippen LogP contribution in [0.4, 0.5) is 8.78 Å². The van der Waals surface area contributed by atoms with Gasteiger partial charge in [-0.05, 0) is 18.1 Å². The Morgan fingerprint density at radius 2 is 2.14 bits per heavy atom. The molecule has 1 aromatic carbocycles. The predicted octanol–water partition coefficient (Wildman–Crippen LogP) is 3.04. The van der Waals surface area contributed by atoms with E-state index < -0.39 is 11.6 Å². The van der Waals surface area contributed by atoms with Crippen molar-refractivity contribution in [2.24, 2.45) is 5.92 Å². The molecule has 0 fully saturated rings. The molecule has 0 amide bonds. The van der Waals surface area contributed by atoms with E-state index in [0.717, 1.165) is 6.07 Å². The van der Waals surface area contributed by atoms with Crippen LogP contribution >= 0.6 is 15.9 Å². The summed E-state index contributed by atoms with van der Waals surface area (Å²) in [6, 6.07) is 6.01. The molecule has 0 saturated heterocycles. The number of nitriles is 1. The second kappa shape index (κ2) is 5.06. The largest absolute Gasteiger partial charge is 0.204 e. The summed E-state index contributed by atoms with van der Waals surface area (Å²) in [5.74, 6) is -2.05. The third kappa shape index (κ3) is 2.52. The van der Waals surface area contributed by atoms with Gasteiger partial charge in [0.05, 0.1) is 12.0 Å². The summed E-state index contributed by atoms with van der Waals surface area (Å²) < 4.78 is 25.9. The third-order valence-electron chi connectivity index (χ3n) is 1.87. The lowest BCUT2D eigenvalue weighted by Gasteiger charge is -2.06. The zero-order valence-electron chi connectivity index (χ0n) is 7.30. The van der Waals surface area contributed by atoms with Crippen LogP contribution in [0.2, 0.25) is 0 Å². The van der Waals surface area contributed by atoms with Crippen LogP contribution in [0.1, 0.15) is 5.56 Å². The first-order chi connectivity index (χ1) is 6.69. The first-order valence-corrected chi connectivity index (χ1v) is 5.19. The van der Waals surface area contributed by atoms with Gasteiger partial charge in [0.15, 0.2) is 11.6 Å². The summed E-state index contributed by atoms with van der Waals surface area (Å²) >= 11 is 3.14. The highest BCUT2D eigenvalue weighted by Gasteiger charge is 2.12. The molecular weight excluding hydrogens is 252 g/mol. The Morgan fingerprint density at radius 3 is 2.71 bits per heavy atom. The predicted molar refractivity (Wildman–Crippen MR) is 53.0 cm³/mol. The number of benzene rings is 1. The first-order valence-electron chi connectivity index (χ1n) is 4.07. The number of alkyl halides is 1. The first kappa shape index (κ1) is 11.1. The van der Waals surface area contributed by atoms with Crippen LogP contribution in [-0.4, -0.2) is 5.33 Å². The molecule has 1 nitrogen and oxygen atoms in total. The second-order valence-corrected chi connectivity index (χ2v) is 3.54. The number of nitrogens with zero attached hydrogens (tertiary/aromatic N) is 1. The normalized spacial score (nSPS) is 12.1. The van der Waals surface area contributed by atoms with Crippen molar-refractivity contribution in [3.8, 4) is 6.07 Å².